The molecule has 0 bridgehead atoms. The standard InChI is InChI=1S/C15H21NOS/c1-4-11(3)10-13(16-5-2)15-12-7-9-18-14(12)6-8-17-15/h5,7,9-11,15-16H,2,4,6,8H2,1,3H3/b13-10-. The van der Waals surface area contributed by atoms with Gasteiger partial charge in [0, 0.05) is 22.6 Å². The van der Waals surface area contributed by atoms with Gasteiger partial charge in [0.25, 0.3) is 0 Å². The van der Waals surface area contributed by atoms with Crippen molar-refractivity contribution < 1.29 is 4.74 Å². The largest absolute Gasteiger partial charge is 0.367 e. The van der Waals surface area contributed by atoms with Gasteiger partial charge in [0.2, 0.25) is 0 Å². The summed E-state index contributed by atoms with van der Waals surface area (Å²) in [6.07, 6.45) is 6.21. The van der Waals surface area contributed by atoms with Crippen LogP contribution in [0.4, 0.5) is 0 Å². The molecule has 1 aromatic heterocycles. The lowest BCUT2D eigenvalue weighted by Crippen LogP contribution is -2.22. The third-order valence-corrected chi connectivity index (χ3v) is 4.33. The molecule has 1 N–H and O–H groups in total. The fraction of sp³-hybridized carbons (Fsp3) is 0.467. The first-order valence-electron chi connectivity index (χ1n) is 6.53. The van der Waals surface area contributed by atoms with Gasteiger partial charge in [-0.05, 0) is 23.6 Å². The van der Waals surface area contributed by atoms with Crippen LogP contribution < -0.4 is 5.32 Å². The molecule has 0 saturated heterocycles. The van der Waals surface area contributed by atoms with E-state index in [1.54, 1.807) is 6.20 Å². The highest BCUT2D eigenvalue weighted by Gasteiger charge is 2.25. The van der Waals surface area contributed by atoms with Crippen molar-refractivity contribution >= 4 is 11.3 Å². The van der Waals surface area contributed by atoms with Crippen LogP contribution >= 0.6 is 11.3 Å². The molecule has 0 aromatic carbocycles. The summed E-state index contributed by atoms with van der Waals surface area (Å²) >= 11 is 1.83. The fourth-order valence-corrected chi connectivity index (χ4v) is 3.05. The lowest BCUT2D eigenvalue weighted by molar-refractivity contribution is 0.0646. The predicted octanol–water partition coefficient (Wildman–Crippen LogP) is 4.03. The zero-order valence-corrected chi connectivity index (χ0v) is 11.9. The van der Waals surface area contributed by atoms with Gasteiger partial charge in [0.1, 0.15) is 6.10 Å². The maximum Gasteiger partial charge on any atom is 0.123 e. The lowest BCUT2D eigenvalue weighted by atomic mass is 9.99. The molecule has 2 unspecified atom stereocenters. The van der Waals surface area contributed by atoms with Gasteiger partial charge in [0.15, 0.2) is 0 Å². The molecule has 0 radical (unpaired) electrons. The van der Waals surface area contributed by atoms with Gasteiger partial charge in [-0.2, -0.15) is 0 Å². The molecule has 2 heterocycles. The van der Waals surface area contributed by atoms with Crippen molar-refractivity contribution in [3.63, 3.8) is 0 Å². The SMILES string of the molecule is C=CN/C(=C\C(C)CC)C1OCCc2sccc21. The molecule has 1 aliphatic heterocycles. The average molecular weight is 263 g/mol. The van der Waals surface area contributed by atoms with Crippen molar-refractivity contribution in [1.82, 2.24) is 5.32 Å². The van der Waals surface area contributed by atoms with Crippen LogP contribution in [-0.2, 0) is 11.2 Å². The zero-order valence-electron chi connectivity index (χ0n) is 11.1. The number of hydrogen-bond donors (Lipinski definition) is 1. The van der Waals surface area contributed by atoms with E-state index in [4.69, 9.17) is 4.74 Å². The van der Waals surface area contributed by atoms with Crippen molar-refractivity contribution in [3.8, 4) is 0 Å². The Balaban J connectivity index is 2.28. The summed E-state index contributed by atoms with van der Waals surface area (Å²) in [7, 11) is 0. The van der Waals surface area contributed by atoms with E-state index in [9.17, 15) is 0 Å². The summed E-state index contributed by atoms with van der Waals surface area (Å²) in [6.45, 7) is 8.99. The topological polar surface area (TPSA) is 21.3 Å². The van der Waals surface area contributed by atoms with Crippen molar-refractivity contribution in [3.05, 3.63) is 46.4 Å². The maximum atomic E-state index is 5.95. The highest BCUT2D eigenvalue weighted by atomic mass is 32.1. The summed E-state index contributed by atoms with van der Waals surface area (Å²) in [5, 5.41) is 5.41. The Hall–Kier alpha value is -1.06. The number of ether oxygens (including phenoxy) is 1. The molecule has 2 nitrogen and oxygen atoms in total. The Morgan fingerprint density at radius 2 is 2.56 bits per heavy atom. The van der Waals surface area contributed by atoms with E-state index < -0.39 is 0 Å². The molecule has 0 fully saturated rings. The number of fused-ring (bicyclic) bond motifs is 1. The number of hydrogen-bond acceptors (Lipinski definition) is 3. The minimum absolute atomic E-state index is 0.0481. The highest BCUT2D eigenvalue weighted by Crippen LogP contribution is 2.35. The van der Waals surface area contributed by atoms with Gasteiger partial charge in [-0.15, -0.1) is 11.3 Å². The second-order valence-corrected chi connectivity index (χ2v) is 5.66. The van der Waals surface area contributed by atoms with Crippen LogP contribution in [-0.4, -0.2) is 6.61 Å². The molecule has 18 heavy (non-hydrogen) atoms. The molecule has 0 aliphatic carbocycles. The fourth-order valence-electron chi connectivity index (χ4n) is 2.16. The van der Waals surface area contributed by atoms with Gasteiger partial charge in [0.05, 0.1) is 6.61 Å². The smallest absolute Gasteiger partial charge is 0.123 e. The van der Waals surface area contributed by atoms with E-state index in [0.29, 0.717) is 5.92 Å². The van der Waals surface area contributed by atoms with E-state index in [0.717, 1.165) is 25.1 Å². The third-order valence-electron chi connectivity index (χ3n) is 3.34. The summed E-state index contributed by atoms with van der Waals surface area (Å²) in [5.41, 5.74) is 2.44. The molecule has 0 amide bonds. The molecule has 0 saturated carbocycles. The normalized spacial score (nSPS) is 21.2. The van der Waals surface area contributed by atoms with Crippen molar-refractivity contribution in [2.24, 2.45) is 5.92 Å². The first-order chi connectivity index (χ1) is 8.76. The summed E-state index contributed by atoms with van der Waals surface area (Å²) in [5.74, 6) is 0.542. The van der Waals surface area contributed by atoms with Crippen molar-refractivity contribution in [2.45, 2.75) is 32.8 Å². The molecular weight excluding hydrogens is 242 g/mol. The monoisotopic (exact) mass is 263 g/mol. The van der Waals surface area contributed by atoms with Gasteiger partial charge in [-0.1, -0.05) is 32.9 Å². The molecule has 1 aliphatic rings. The predicted molar refractivity (Wildman–Crippen MR) is 77.6 cm³/mol. The van der Waals surface area contributed by atoms with Crippen molar-refractivity contribution in [2.75, 3.05) is 6.61 Å². The van der Waals surface area contributed by atoms with E-state index in [1.807, 2.05) is 11.3 Å². The number of thiophene rings is 1. The second-order valence-electron chi connectivity index (χ2n) is 4.66. The average Bonchev–Trinajstić information content (AvgIpc) is 2.86. The molecule has 98 valence electrons. The summed E-state index contributed by atoms with van der Waals surface area (Å²) in [4.78, 5) is 1.45. The Labute approximate surface area is 113 Å². The Kier molecular flexibility index (Phi) is 4.61. The minimum Gasteiger partial charge on any atom is -0.367 e. The molecule has 2 atom stereocenters. The van der Waals surface area contributed by atoms with Crippen LogP contribution in [0.5, 0.6) is 0 Å². The van der Waals surface area contributed by atoms with Crippen LogP contribution in [0.15, 0.2) is 36.0 Å². The molecule has 3 heteroatoms. The molecule has 2 rings (SSSR count). The van der Waals surface area contributed by atoms with E-state index in [-0.39, 0.29) is 6.10 Å². The summed E-state index contributed by atoms with van der Waals surface area (Å²) in [6, 6.07) is 2.18. The van der Waals surface area contributed by atoms with Gasteiger partial charge >= 0.3 is 0 Å². The number of rotatable bonds is 5. The van der Waals surface area contributed by atoms with Gasteiger partial charge in [-0.3, -0.25) is 0 Å². The number of nitrogens with one attached hydrogen (secondary N) is 1. The van der Waals surface area contributed by atoms with Crippen LogP contribution in [0.25, 0.3) is 0 Å². The Morgan fingerprint density at radius 3 is 3.28 bits per heavy atom. The maximum absolute atomic E-state index is 5.95. The van der Waals surface area contributed by atoms with Crippen LogP contribution in [0.3, 0.4) is 0 Å². The second kappa shape index (κ2) is 6.21. The lowest BCUT2D eigenvalue weighted by Gasteiger charge is -2.26. The van der Waals surface area contributed by atoms with Crippen LogP contribution in [0.2, 0.25) is 0 Å². The summed E-state index contributed by atoms with van der Waals surface area (Å²) < 4.78 is 5.95. The van der Waals surface area contributed by atoms with Crippen LogP contribution in [0, 0.1) is 5.92 Å². The number of allylic oxidation sites excluding steroid dienone is 1. The van der Waals surface area contributed by atoms with E-state index in [2.05, 4.69) is 43.3 Å². The van der Waals surface area contributed by atoms with Gasteiger partial charge < -0.3 is 10.1 Å². The Bertz CT molecular complexity index is 435. The third kappa shape index (κ3) is 2.85. The van der Waals surface area contributed by atoms with E-state index >= 15 is 0 Å². The van der Waals surface area contributed by atoms with Crippen molar-refractivity contribution in [1.29, 1.82) is 0 Å². The van der Waals surface area contributed by atoms with Gasteiger partial charge in [-0.25, -0.2) is 0 Å². The molecular formula is C15H21NOS. The molecule has 0 spiro atoms. The zero-order chi connectivity index (χ0) is 13.0. The highest BCUT2D eigenvalue weighted by molar-refractivity contribution is 7.10. The minimum atomic E-state index is 0.0481. The Morgan fingerprint density at radius 1 is 1.72 bits per heavy atom. The molecule has 1 aromatic rings. The first kappa shape index (κ1) is 13.4. The van der Waals surface area contributed by atoms with Crippen LogP contribution in [0.1, 0.15) is 36.8 Å². The quantitative estimate of drug-likeness (QED) is 0.866. The van der Waals surface area contributed by atoms with E-state index in [1.165, 1.54) is 10.4 Å². The first-order valence-corrected chi connectivity index (χ1v) is 7.41.